The van der Waals surface area contributed by atoms with Gasteiger partial charge in [0.25, 0.3) is 15.9 Å². The summed E-state index contributed by atoms with van der Waals surface area (Å²) in [4.78, 5) is 23.0. The van der Waals surface area contributed by atoms with Gasteiger partial charge in [0.15, 0.2) is 6.10 Å². The van der Waals surface area contributed by atoms with Crippen molar-refractivity contribution in [3.8, 4) is 0 Å². The number of sulfonamides is 1. The van der Waals surface area contributed by atoms with E-state index in [4.69, 9.17) is 9.84 Å². The van der Waals surface area contributed by atoms with Crippen LogP contribution in [0, 0.1) is 0 Å². The largest absolute Gasteiger partial charge is 0.479 e. The van der Waals surface area contributed by atoms with Crippen molar-refractivity contribution in [1.82, 2.24) is 4.31 Å². The molecule has 0 saturated heterocycles. The van der Waals surface area contributed by atoms with Gasteiger partial charge in [0.05, 0.1) is 5.56 Å². The first-order chi connectivity index (χ1) is 9.89. The SMILES string of the molecule is CCOC(CCN1C(=O)c2ccccc2S1(=O)=O)C(=O)O. The third-order valence-electron chi connectivity index (χ3n) is 3.15. The molecule has 0 radical (unpaired) electrons. The standard InChI is InChI=1S/C13H15NO6S/c1-2-20-10(13(16)17)7-8-14-12(15)9-5-3-4-6-11(9)21(14,18)19/h3-6,10H,2,7-8H2,1H3,(H,16,17). The fraction of sp³-hybridized carbons (Fsp3) is 0.385. The third kappa shape index (κ3) is 2.77. The summed E-state index contributed by atoms with van der Waals surface area (Å²) in [5.41, 5.74) is 0.112. The Bertz CT molecular complexity index is 669. The first-order valence-corrected chi connectivity index (χ1v) is 7.84. The number of carboxylic acids is 1. The number of carboxylic acid groups (broad SMARTS) is 1. The molecule has 1 aliphatic rings. The number of nitrogens with zero attached hydrogens (tertiary/aromatic N) is 1. The van der Waals surface area contributed by atoms with Crippen LogP contribution in [0.2, 0.25) is 0 Å². The fourth-order valence-corrected chi connectivity index (χ4v) is 3.75. The summed E-state index contributed by atoms with van der Waals surface area (Å²) in [6.45, 7) is 1.61. The molecule has 0 spiro atoms. The zero-order chi connectivity index (χ0) is 15.6. The summed E-state index contributed by atoms with van der Waals surface area (Å²) in [5, 5.41) is 8.97. The lowest BCUT2D eigenvalue weighted by Crippen LogP contribution is -2.35. The van der Waals surface area contributed by atoms with Crippen LogP contribution < -0.4 is 0 Å². The maximum absolute atomic E-state index is 12.3. The summed E-state index contributed by atoms with van der Waals surface area (Å²) in [7, 11) is -3.90. The van der Waals surface area contributed by atoms with Crippen molar-refractivity contribution in [2.24, 2.45) is 0 Å². The zero-order valence-electron chi connectivity index (χ0n) is 11.4. The molecule has 114 valence electrons. The summed E-state index contributed by atoms with van der Waals surface area (Å²) < 4.78 is 30.2. The Balaban J connectivity index is 2.19. The van der Waals surface area contributed by atoms with Gasteiger partial charge in [-0.15, -0.1) is 0 Å². The second kappa shape index (κ2) is 5.82. The molecule has 1 unspecified atom stereocenters. The summed E-state index contributed by atoms with van der Waals surface area (Å²) >= 11 is 0. The van der Waals surface area contributed by atoms with Crippen LogP contribution in [-0.4, -0.2) is 49.0 Å². The lowest BCUT2D eigenvalue weighted by molar-refractivity contribution is -0.150. The normalized spacial score (nSPS) is 17.6. The molecule has 1 N–H and O–H groups in total. The van der Waals surface area contributed by atoms with Crippen LogP contribution in [-0.2, 0) is 19.6 Å². The summed E-state index contributed by atoms with van der Waals surface area (Å²) in [5.74, 6) is -1.82. The van der Waals surface area contributed by atoms with Crippen molar-refractivity contribution >= 4 is 21.9 Å². The lowest BCUT2D eigenvalue weighted by Gasteiger charge is -2.18. The van der Waals surface area contributed by atoms with E-state index in [0.29, 0.717) is 4.31 Å². The first kappa shape index (κ1) is 15.5. The van der Waals surface area contributed by atoms with E-state index in [0.717, 1.165) is 0 Å². The van der Waals surface area contributed by atoms with E-state index in [1.54, 1.807) is 13.0 Å². The summed E-state index contributed by atoms with van der Waals surface area (Å²) in [6.07, 6.45) is -1.23. The number of rotatable bonds is 6. The Morgan fingerprint density at radius 2 is 2.05 bits per heavy atom. The van der Waals surface area contributed by atoms with Crippen LogP contribution in [0.25, 0.3) is 0 Å². The average Bonchev–Trinajstić information content (AvgIpc) is 2.63. The van der Waals surface area contributed by atoms with E-state index >= 15 is 0 Å². The van der Waals surface area contributed by atoms with Crippen LogP contribution in [0.4, 0.5) is 0 Å². The fourth-order valence-electron chi connectivity index (χ4n) is 2.17. The Kier molecular flexibility index (Phi) is 4.29. The Labute approximate surface area is 122 Å². The highest BCUT2D eigenvalue weighted by atomic mass is 32.2. The number of benzene rings is 1. The first-order valence-electron chi connectivity index (χ1n) is 6.40. The van der Waals surface area contributed by atoms with Gasteiger partial charge in [-0.25, -0.2) is 17.5 Å². The zero-order valence-corrected chi connectivity index (χ0v) is 12.2. The number of amides is 1. The molecule has 7 nitrogen and oxygen atoms in total. The van der Waals surface area contributed by atoms with E-state index in [1.165, 1.54) is 18.2 Å². The molecule has 0 aliphatic carbocycles. The van der Waals surface area contributed by atoms with Crippen molar-refractivity contribution in [3.05, 3.63) is 29.8 Å². The molecule has 2 rings (SSSR count). The smallest absolute Gasteiger partial charge is 0.332 e. The van der Waals surface area contributed by atoms with Gasteiger partial charge < -0.3 is 9.84 Å². The molecule has 1 aromatic rings. The monoisotopic (exact) mass is 313 g/mol. The highest BCUT2D eigenvalue weighted by Gasteiger charge is 2.41. The van der Waals surface area contributed by atoms with Crippen molar-refractivity contribution < 1.29 is 27.9 Å². The number of carbonyl (C=O) groups is 2. The molecule has 8 heteroatoms. The highest BCUT2D eigenvalue weighted by Crippen LogP contribution is 2.30. The minimum atomic E-state index is -3.90. The Hall–Kier alpha value is -1.93. The lowest BCUT2D eigenvalue weighted by atomic mass is 10.2. The van der Waals surface area contributed by atoms with Gasteiger partial charge in [-0.1, -0.05) is 12.1 Å². The van der Waals surface area contributed by atoms with Crippen molar-refractivity contribution in [1.29, 1.82) is 0 Å². The number of hydrogen-bond acceptors (Lipinski definition) is 5. The molecule has 0 saturated carbocycles. The number of carbonyl (C=O) groups excluding carboxylic acids is 1. The van der Waals surface area contributed by atoms with E-state index in [1.807, 2.05) is 0 Å². The minimum absolute atomic E-state index is 0.0433. The molecule has 0 aromatic heterocycles. The number of fused-ring (bicyclic) bond motifs is 1. The maximum Gasteiger partial charge on any atom is 0.332 e. The van der Waals surface area contributed by atoms with E-state index in [-0.39, 0.29) is 30.0 Å². The van der Waals surface area contributed by atoms with Crippen molar-refractivity contribution in [2.75, 3.05) is 13.2 Å². The number of ether oxygens (including phenoxy) is 1. The molecule has 21 heavy (non-hydrogen) atoms. The van der Waals surface area contributed by atoms with Crippen LogP contribution in [0.1, 0.15) is 23.7 Å². The van der Waals surface area contributed by atoms with Crippen LogP contribution in [0.3, 0.4) is 0 Å². The molecule has 0 bridgehead atoms. The number of hydrogen-bond donors (Lipinski definition) is 1. The van der Waals surface area contributed by atoms with Crippen molar-refractivity contribution in [3.63, 3.8) is 0 Å². The van der Waals surface area contributed by atoms with E-state index in [9.17, 15) is 18.0 Å². The number of aliphatic carboxylic acids is 1. The van der Waals surface area contributed by atoms with Gasteiger partial charge in [-0.05, 0) is 19.1 Å². The van der Waals surface area contributed by atoms with E-state index < -0.39 is 28.0 Å². The second-order valence-corrected chi connectivity index (χ2v) is 6.28. The van der Waals surface area contributed by atoms with Gasteiger partial charge >= 0.3 is 5.97 Å². The van der Waals surface area contributed by atoms with Gasteiger partial charge in [0.2, 0.25) is 0 Å². The van der Waals surface area contributed by atoms with Gasteiger partial charge in [-0.2, -0.15) is 0 Å². The summed E-state index contributed by atoms with van der Waals surface area (Å²) in [6, 6.07) is 5.91. The molecular formula is C13H15NO6S. The third-order valence-corrected chi connectivity index (χ3v) is 4.99. The van der Waals surface area contributed by atoms with Crippen LogP contribution >= 0.6 is 0 Å². The van der Waals surface area contributed by atoms with Crippen molar-refractivity contribution in [2.45, 2.75) is 24.3 Å². The molecule has 1 amide bonds. The maximum atomic E-state index is 12.3. The van der Waals surface area contributed by atoms with Gasteiger partial charge in [0.1, 0.15) is 4.90 Å². The molecule has 1 atom stereocenters. The topological polar surface area (TPSA) is 101 Å². The average molecular weight is 313 g/mol. The molecule has 1 aromatic carbocycles. The Morgan fingerprint density at radius 1 is 1.38 bits per heavy atom. The highest BCUT2D eigenvalue weighted by molar-refractivity contribution is 7.90. The predicted octanol–water partition coefficient (Wildman–Crippen LogP) is 0.711. The van der Waals surface area contributed by atoms with E-state index in [2.05, 4.69) is 0 Å². The second-order valence-electron chi connectivity index (χ2n) is 4.45. The molecular weight excluding hydrogens is 298 g/mol. The molecule has 1 heterocycles. The van der Waals surface area contributed by atoms with Crippen LogP contribution in [0.5, 0.6) is 0 Å². The molecule has 0 fully saturated rings. The Morgan fingerprint density at radius 3 is 2.62 bits per heavy atom. The quantitative estimate of drug-likeness (QED) is 0.830. The molecule has 1 aliphatic heterocycles. The minimum Gasteiger partial charge on any atom is -0.479 e. The predicted molar refractivity (Wildman–Crippen MR) is 72.3 cm³/mol. The van der Waals surface area contributed by atoms with Crippen LogP contribution in [0.15, 0.2) is 29.2 Å². The van der Waals surface area contributed by atoms with Gasteiger partial charge in [0, 0.05) is 19.6 Å². The van der Waals surface area contributed by atoms with Gasteiger partial charge in [-0.3, -0.25) is 4.79 Å².